The van der Waals surface area contributed by atoms with Gasteiger partial charge in [0.2, 0.25) is 0 Å². The van der Waals surface area contributed by atoms with Crippen molar-refractivity contribution in [3.05, 3.63) is 28.8 Å². The molecule has 0 unspecified atom stereocenters. The highest BCUT2D eigenvalue weighted by Gasteiger charge is 2.38. The number of hydrogen-bond donors (Lipinski definition) is 1. The molecule has 0 aliphatic rings. The van der Waals surface area contributed by atoms with Gasteiger partial charge in [-0.15, -0.1) is 11.6 Å². The highest BCUT2D eigenvalue weighted by Crippen LogP contribution is 2.40. The Bertz CT molecular complexity index is 423. The van der Waals surface area contributed by atoms with Gasteiger partial charge in [0, 0.05) is 11.6 Å². The molecule has 0 aromatic heterocycles. The van der Waals surface area contributed by atoms with Gasteiger partial charge in [-0.25, -0.2) is 0 Å². The Kier molecular flexibility index (Phi) is 3.52. The summed E-state index contributed by atoms with van der Waals surface area (Å²) in [5.74, 6) is -0.682. The first-order valence-corrected chi connectivity index (χ1v) is 4.73. The first kappa shape index (κ1) is 14.0. The van der Waals surface area contributed by atoms with Gasteiger partial charge in [-0.2, -0.15) is 26.3 Å². The summed E-state index contributed by atoms with van der Waals surface area (Å²) in [6.07, 6.45) is -9.60. The summed E-state index contributed by atoms with van der Waals surface area (Å²) in [5.41, 5.74) is 0.769. The summed E-state index contributed by atoms with van der Waals surface area (Å²) in [6, 6.07) is 0.575. The molecule has 0 saturated heterocycles. The lowest BCUT2D eigenvalue weighted by atomic mass is 10.0. The molecule has 1 aromatic rings. The molecule has 0 fully saturated rings. The summed E-state index contributed by atoms with van der Waals surface area (Å²) in [4.78, 5) is 0. The van der Waals surface area contributed by atoms with Gasteiger partial charge in [-0.05, 0) is 17.7 Å². The van der Waals surface area contributed by atoms with E-state index < -0.39 is 40.6 Å². The van der Waals surface area contributed by atoms with Crippen LogP contribution in [0, 0.1) is 0 Å². The van der Waals surface area contributed by atoms with Crippen molar-refractivity contribution in [3.63, 3.8) is 0 Å². The van der Waals surface area contributed by atoms with Crippen molar-refractivity contribution in [1.82, 2.24) is 0 Å². The van der Waals surface area contributed by atoms with E-state index >= 15 is 0 Å². The van der Waals surface area contributed by atoms with E-state index in [1.54, 1.807) is 0 Å². The fourth-order valence-corrected chi connectivity index (χ4v) is 1.50. The Balaban J connectivity index is 3.46. The topological polar surface area (TPSA) is 26.0 Å². The Hall–Kier alpha value is -1.11. The number of anilines is 1. The maximum Gasteiger partial charge on any atom is 0.418 e. The zero-order valence-corrected chi connectivity index (χ0v) is 8.84. The van der Waals surface area contributed by atoms with Crippen LogP contribution in [0.2, 0.25) is 0 Å². The number of halogens is 7. The van der Waals surface area contributed by atoms with Crippen molar-refractivity contribution in [2.24, 2.45) is 0 Å². The van der Waals surface area contributed by atoms with E-state index in [4.69, 9.17) is 17.3 Å². The SMILES string of the molecule is Nc1cc(C(F)(F)F)c(CCl)cc1C(F)(F)F. The maximum absolute atomic E-state index is 12.4. The fourth-order valence-electron chi connectivity index (χ4n) is 1.28. The minimum Gasteiger partial charge on any atom is -0.398 e. The van der Waals surface area contributed by atoms with Gasteiger partial charge >= 0.3 is 12.4 Å². The molecule has 0 aliphatic heterocycles. The van der Waals surface area contributed by atoms with E-state index in [1.165, 1.54) is 0 Å². The average Bonchev–Trinajstić information content (AvgIpc) is 2.14. The van der Waals surface area contributed by atoms with E-state index in [2.05, 4.69) is 0 Å². The van der Waals surface area contributed by atoms with Crippen molar-refractivity contribution < 1.29 is 26.3 Å². The molecule has 17 heavy (non-hydrogen) atoms. The lowest BCUT2D eigenvalue weighted by molar-refractivity contribution is -0.141. The third-order valence-electron chi connectivity index (χ3n) is 2.03. The quantitative estimate of drug-likeness (QED) is 0.468. The Morgan fingerprint density at radius 3 is 1.76 bits per heavy atom. The first-order valence-electron chi connectivity index (χ1n) is 4.20. The summed E-state index contributed by atoms with van der Waals surface area (Å²) >= 11 is 5.20. The summed E-state index contributed by atoms with van der Waals surface area (Å²) in [5, 5.41) is 0. The van der Waals surface area contributed by atoms with Crippen molar-refractivity contribution >= 4 is 17.3 Å². The molecular weight excluding hydrogens is 272 g/mol. The van der Waals surface area contributed by atoms with E-state index in [1.807, 2.05) is 0 Å². The highest BCUT2D eigenvalue weighted by molar-refractivity contribution is 6.17. The molecule has 0 heterocycles. The number of benzene rings is 1. The van der Waals surface area contributed by atoms with E-state index in [0.717, 1.165) is 0 Å². The van der Waals surface area contributed by atoms with Gasteiger partial charge in [0.25, 0.3) is 0 Å². The van der Waals surface area contributed by atoms with Crippen LogP contribution in [0.4, 0.5) is 32.0 Å². The molecule has 2 N–H and O–H groups in total. The molecule has 1 nitrogen and oxygen atoms in total. The zero-order chi connectivity index (χ0) is 13.4. The number of nitrogen functional groups attached to an aromatic ring is 1. The molecular formula is C9H6ClF6N. The van der Waals surface area contributed by atoms with Crippen LogP contribution in [0.3, 0.4) is 0 Å². The maximum atomic E-state index is 12.4. The van der Waals surface area contributed by atoms with Gasteiger partial charge in [0.05, 0.1) is 11.1 Å². The first-order chi connectivity index (χ1) is 7.57. The van der Waals surface area contributed by atoms with Gasteiger partial charge in [-0.1, -0.05) is 0 Å². The monoisotopic (exact) mass is 277 g/mol. The summed E-state index contributed by atoms with van der Waals surface area (Å²) < 4.78 is 74.5. The molecule has 0 saturated carbocycles. The zero-order valence-electron chi connectivity index (χ0n) is 8.08. The fraction of sp³-hybridized carbons (Fsp3) is 0.333. The Morgan fingerprint density at radius 2 is 1.41 bits per heavy atom. The Morgan fingerprint density at radius 1 is 0.941 bits per heavy atom. The lowest BCUT2D eigenvalue weighted by Crippen LogP contribution is -2.15. The minimum absolute atomic E-state index is 0.251. The Labute approximate surface area is 97.2 Å². The van der Waals surface area contributed by atoms with Crippen LogP contribution in [0.1, 0.15) is 16.7 Å². The second kappa shape index (κ2) is 4.29. The normalized spacial score (nSPS) is 12.9. The molecule has 0 bridgehead atoms. The van der Waals surface area contributed by atoms with Crippen LogP contribution < -0.4 is 5.73 Å². The van der Waals surface area contributed by atoms with E-state index in [9.17, 15) is 26.3 Å². The summed E-state index contributed by atoms with van der Waals surface area (Å²) in [6.45, 7) is 0. The summed E-state index contributed by atoms with van der Waals surface area (Å²) in [7, 11) is 0. The molecule has 1 aromatic carbocycles. The van der Waals surface area contributed by atoms with Gasteiger partial charge in [0.15, 0.2) is 0 Å². The second-order valence-corrected chi connectivity index (χ2v) is 3.49. The molecule has 96 valence electrons. The number of hydrogen-bond acceptors (Lipinski definition) is 1. The van der Waals surface area contributed by atoms with Crippen LogP contribution in [-0.4, -0.2) is 0 Å². The largest absolute Gasteiger partial charge is 0.418 e. The standard InChI is InChI=1S/C9H6ClF6N/c10-3-4-1-6(9(14,15)16)7(17)2-5(4)8(11,12)13/h1-2H,3,17H2. The lowest BCUT2D eigenvalue weighted by Gasteiger charge is -2.16. The van der Waals surface area contributed by atoms with E-state index in [0.29, 0.717) is 6.07 Å². The van der Waals surface area contributed by atoms with Crippen molar-refractivity contribution in [2.75, 3.05) is 5.73 Å². The number of alkyl halides is 7. The van der Waals surface area contributed by atoms with Gasteiger partial charge < -0.3 is 5.73 Å². The van der Waals surface area contributed by atoms with Crippen LogP contribution in [-0.2, 0) is 18.2 Å². The van der Waals surface area contributed by atoms with Crippen LogP contribution in [0.25, 0.3) is 0 Å². The van der Waals surface area contributed by atoms with Crippen molar-refractivity contribution in [3.8, 4) is 0 Å². The van der Waals surface area contributed by atoms with Gasteiger partial charge in [-0.3, -0.25) is 0 Å². The molecule has 0 aliphatic carbocycles. The predicted molar refractivity (Wildman–Crippen MR) is 50.4 cm³/mol. The van der Waals surface area contributed by atoms with Crippen molar-refractivity contribution in [1.29, 1.82) is 0 Å². The van der Waals surface area contributed by atoms with Gasteiger partial charge in [0.1, 0.15) is 0 Å². The van der Waals surface area contributed by atoms with Crippen LogP contribution >= 0.6 is 11.6 Å². The molecule has 0 spiro atoms. The van der Waals surface area contributed by atoms with E-state index in [-0.39, 0.29) is 6.07 Å². The molecule has 0 atom stereocenters. The number of rotatable bonds is 1. The van der Waals surface area contributed by atoms with Crippen LogP contribution in [0.5, 0.6) is 0 Å². The third-order valence-corrected chi connectivity index (χ3v) is 2.32. The third kappa shape index (κ3) is 2.96. The molecule has 8 heteroatoms. The predicted octanol–water partition coefficient (Wildman–Crippen LogP) is 4.05. The van der Waals surface area contributed by atoms with Crippen LogP contribution in [0.15, 0.2) is 12.1 Å². The molecule has 0 amide bonds. The molecule has 1 rings (SSSR count). The van der Waals surface area contributed by atoms with Crippen molar-refractivity contribution in [2.45, 2.75) is 18.2 Å². The number of nitrogens with two attached hydrogens (primary N) is 1. The second-order valence-electron chi connectivity index (χ2n) is 3.23. The smallest absolute Gasteiger partial charge is 0.398 e. The highest BCUT2D eigenvalue weighted by atomic mass is 35.5. The minimum atomic E-state index is -4.81. The molecule has 0 radical (unpaired) electrons. The average molecular weight is 278 g/mol.